The lowest BCUT2D eigenvalue weighted by Crippen LogP contribution is -2.00. The van der Waals surface area contributed by atoms with Gasteiger partial charge in [-0.2, -0.15) is 0 Å². The number of imidazole rings is 1. The number of H-pyrrole nitrogens is 1. The molecule has 0 bridgehead atoms. The van der Waals surface area contributed by atoms with Crippen LogP contribution in [0.4, 0.5) is 11.6 Å². The molecule has 0 aliphatic carbocycles. The molecule has 0 radical (unpaired) electrons. The highest BCUT2D eigenvalue weighted by atomic mass is 16.6. The van der Waals surface area contributed by atoms with Crippen LogP contribution in [0.1, 0.15) is 18.6 Å². The Kier molecular flexibility index (Phi) is 3.27. The second-order valence-electron chi connectivity index (χ2n) is 4.47. The Bertz CT molecular complexity index is 792. The summed E-state index contributed by atoms with van der Waals surface area (Å²) >= 11 is 0. The first-order valence-corrected chi connectivity index (χ1v) is 6.47. The predicted molar refractivity (Wildman–Crippen MR) is 76.0 cm³/mol. The van der Waals surface area contributed by atoms with Crippen molar-refractivity contribution in [2.24, 2.45) is 0 Å². The van der Waals surface area contributed by atoms with Gasteiger partial charge in [0.2, 0.25) is 11.8 Å². The quantitative estimate of drug-likeness (QED) is 0.551. The van der Waals surface area contributed by atoms with E-state index in [-0.39, 0.29) is 5.69 Å². The van der Waals surface area contributed by atoms with Crippen molar-refractivity contribution in [3.05, 3.63) is 46.2 Å². The highest BCUT2D eigenvalue weighted by molar-refractivity contribution is 5.79. The maximum Gasteiger partial charge on any atom is 0.271 e. The number of oxazole rings is 1. The van der Waals surface area contributed by atoms with Crippen LogP contribution in [0.15, 0.2) is 28.8 Å². The average molecular weight is 287 g/mol. The summed E-state index contributed by atoms with van der Waals surface area (Å²) < 4.78 is 5.47. The molecule has 21 heavy (non-hydrogen) atoms. The first-order valence-electron chi connectivity index (χ1n) is 6.47. The minimum Gasteiger partial charge on any atom is -0.444 e. The minimum atomic E-state index is -0.438. The molecular formula is C13H13N5O3. The Hall–Kier alpha value is -2.90. The molecule has 3 aromatic rings. The van der Waals surface area contributed by atoms with Gasteiger partial charge in [0, 0.05) is 18.6 Å². The van der Waals surface area contributed by atoms with Crippen molar-refractivity contribution in [2.45, 2.75) is 19.9 Å². The summed E-state index contributed by atoms with van der Waals surface area (Å²) in [6.45, 7) is 2.38. The molecule has 0 aliphatic heterocycles. The van der Waals surface area contributed by atoms with Crippen molar-refractivity contribution >= 4 is 22.7 Å². The average Bonchev–Trinajstić information content (AvgIpc) is 3.10. The van der Waals surface area contributed by atoms with Crippen molar-refractivity contribution in [1.82, 2.24) is 15.0 Å². The molecule has 0 atom stereocenters. The Morgan fingerprint density at radius 2 is 2.33 bits per heavy atom. The molecule has 0 saturated heterocycles. The third-order valence-corrected chi connectivity index (χ3v) is 3.03. The summed E-state index contributed by atoms with van der Waals surface area (Å²) in [6.07, 6.45) is 2.49. The topological polar surface area (TPSA) is 110 Å². The largest absolute Gasteiger partial charge is 0.444 e. The number of anilines is 1. The molecule has 8 heteroatoms. The normalized spacial score (nSPS) is 10.9. The fourth-order valence-electron chi connectivity index (χ4n) is 1.95. The van der Waals surface area contributed by atoms with Crippen molar-refractivity contribution in [3.8, 4) is 0 Å². The second kappa shape index (κ2) is 5.23. The number of fused-ring (bicyclic) bond motifs is 1. The Labute approximate surface area is 119 Å². The highest BCUT2D eigenvalue weighted by Crippen LogP contribution is 2.20. The number of aromatic nitrogens is 3. The summed E-state index contributed by atoms with van der Waals surface area (Å²) in [4.78, 5) is 21.7. The number of non-ortho nitro benzene ring substituents is 1. The number of aromatic amines is 1. The molecule has 2 N–H and O–H groups in total. The van der Waals surface area contributed by atoms with Crippen LogP contribution in [-0.2, 0) is 13.0 Å². The summed E-state index contributed by atoms with van der Waals surface area (Å²) in [5.74, 6) is 1.91. The summed E-state index contributed by atoms with van der Waals surface area (Å²) in [6, 6.07) is 4.48. The van der Waals surface area contributed by atoms with Gasteiger partial charge in [-0.15, -0.1) is 0 Å². The van der Waals surface area contributed by atoms with Gasteiger partial charge in [0.05, 0.1) is 28.7 Å². The molecule has 0 fully saturated rings. The van der Waals surface area contributed by atoms with Gasteiger partial charge in [-0.05, 0) is 6.07 Å². The fraction of sp³-hybridized carbons (Fsp3) is 0.231. The van der Waals surface area contributed by atoms with E-state index >= 15 is 0 Å². The van der Waals surface area contributed by atoms with Crippen LogP contribution in [0, 0.1) is 10.1 Å². The van der Waals surface area contributed by atoms with Crippen molar-refractivity contribution < 1.29 is 9.34 Å². The number of hydrogen-bond acceptors (Lipinski definition) is 6. The summed E-state index contributed by atoms with van der Waals surface area (Å²) in [7, 11) is 0. The monoisotopic (exact) mass is 287 g/mol. The lowest BCUT2D eigenvalue weighted by atomic mass is 10.3. The number of nitrogens with one attached hydrogen (secondary N) is 2. The molecule has 1 aromatic carbocycles. The molecular weight excluding hydrogens is 274 g/mol. The number of nitro groups is 1. The Morgan fingerprint density at radius 3 is 3.05 bits per heavy atom. The highest BCUT2D eigenvalue weighted by Gasteiger charge is 2.10. The van der Waals surface area contributed by atoms with Crippen LogP contribution in [0.3, 0.4) is 0 Å². The van der Waals surface area contributed by atoms with Crippen LogP contribution >= 0.6 is 0 Å². The SMILES string of the molecule is CCc1cnc(CNc2nc3ccc([N+](=O)[O-])cc3[nH]2)o1. The van der Waals surface area contributed by atoms with Crippen LogP contribution in [0.2, 0.25) is 0 Å². The van der Waals surface area contributed by atoms with Crippen LogP contribution in [-0.4, -0.2) is 19.9 Å². The zero-order valence-electron chi connectivity index (χ0n) is 11.3. The van der Waals surface area contributed by atoms with E-state index in [0.717, 1.165) is 12.2 Å². The van der Waals surface area contributed by atoms with E-state index in [1.54, 1.807) is 12.3 Å². The third-order valence-electron chi connectivity index (χ3n) is 3.03. The lowest BCUT2D eigenvalue weighted by Gasteiger charge is -1.97. The van der Waals surface area contributed by atoms with Gasteiger partial charge in [-0.25, -0.2) is 9.97 Å². The Morgan fingerprint density at radius 1 is 1.48 bits per heavy atom. The van der Waals surface area contributed by atoms with E-state index in [4.69, 9.17) is 4.42 Å². The van der Waals surface area contributed by atoms with E-state index in [1.165, 1.54) is 12.1 Å². The zero-order valence-corrected chi connectivity index (χ0v) is 11.3. The summed E-state index contributed by atoms with van der Waals surface area (Å²) in [5, 5.41) is 13.8. The number of aryl methyl sites for hydroxylation is 1. The van der Waals surface area contributed by atoms with Gasteiger partial charge in [0.1, 0.15) is 5.76 Å². The second-order valence-corrected chi connectivity index (χ2v) is 4.47. The molecule has 0 aliphatic rings. The molecule has 8 nitrogen and oxygen atoms in total. The molecule has 0 amide bonds. The standard InChI is InChI=1S/C13H13N5O3/c1-2-9-6-14-12(21-9)7-15-13-16-10-4-3-8(18(19)20)5-11(10)17-13/h3-6H,2,7H2,1H3,(H2,15,16,17). The first kappa shape index (κ1) is 13.1. The number of benzene rings is 1. The van der Waals surface area contributed by atoms with Gasteiger partial charge in [-0.3, -0.25) is 10.1 Å². The summed E-state index contributed by atoms with van der Waals surface area (Å²) in [5.41, 5.74) is 1.29. The van der Waals surface area contributed by atoms with Crippen molar-refractivity contribution in [2.75, 3.05) is 5.32 Å². The van der Waals surface area contributed by atoms with Gasteiger partial charge in [0.15, 0.2) is 0 Å². The predicted octanol–water partition coefficient (Wildman–Crippen LogP) is 2.63. The third kappa shape index (κ3) is 2.69. The molecule has 2 heterocycles. The number of rotatable bonds is 5. The maximum absolute atomic E-state index is 10.7. The number of hydrogen-bond donors (Lipinski definition) is 2. The van der Waals surface area contributed by atoms with Crippen molar-refractivity contribution in [1.29, 1.82) is 0 Å². The van der Waals surface area contributed by atoms with Crippen molar-refractivity contribution in [3.63, 3.8) is 0 Å². The van der Waals surface area contributed by atoms with E-state index in [0.29, 0.717) is 29.4 Å². The number of nitrogens with zero attached hydrogens (tertiary/aromatic N) is 3. The molecule has 108 valence electrons. The van der Waals surface area contributed by atoms with Gasteiger partial charge < -0.3 is 14.7 Å². The molecule has 0 unspecified atom stereocenters. The zero-order chi connectivity index (χ0) is 14.8. The van der Waals surface area contributed by atoms with E-state index in [9.17, 15) is 10.1 Å². The van der Waals surface area contributed by atoms with Gasteiger partial charge in [0.25, 0.3) is 5.69 Å². The molecule has 2 aromatic heterocycles. The van der Waals surface area contributed by atoms with Gasteiger partial charge in [-0.1, -0.05) is 6.92 Å². The van der Waals surface area contributed by atoms with Gasteiger partial charge >= 0.3 is 0 Å². The van der Waals surface area contributed by atoms with E-state index in [2.05, 4.69) is 20.3 Å². The van der Waals surface area contributed by atoms with Crippen LogP contribution in [0.25, 0.3) is 11.0 Å². The van der Waals surface area contributed by atoms with Crippen LogP contribution < -0.4 is 5.32 Å². The molecule has 0 saturated carbocycles. The van der Waals surface area contributed by atoms with E-state index in [1.807, 2.05) is 6.92 Å². The maximum atomic E-state index is 10.7. The van der Waals surface area contributed by atoms with E-state index < -0.39 is 4.92 Å². The molecule has 3 rings (SSSR count). The lowest BCUT2D eigenvalue weighted by molar-refractivity contribution is -0.384. The fourth-order valence-corrected chi connectivity index (χ4v) is 1.95. The smallest absolute Gasteiger partial charge is 0.271 e. The first-order chi connectivity index (χ1) is 10.2. The van der Waals surface area contributed by atoms with Crippen LogP contribution in [0.5, 0.6) is 0 Å². The number of nitro benzene ring substituents is 1. The minimum absolute atomic E-state index is 0.0259. The molecule has 0 spiro atoms. The Balaban J connectivity index is 1.76.